The molecule has 1 aromatic carbocycles. The number of imidazole rings is 1. The van der Waals surface area contributed by atoms with Crippen LogP contribution in [0.15, 0.2) is 44.4 Å². The molecule has 4 rings (SSSR count). The molecule has 8 nitrogen and oxygen atoms in total. The molecule has 0 bridgehead atoms. The van der Waals surface area contributed by atoms with Crippen molar-refractivity contribution in [1.29, 1.82) is 0 Å². The van der Waals surface area contributed by atoms with Crippen molar-refractivity contribution in [2.45, 2.75) is 33.4 Å². The average Bonchev–Trinajstić information content (AvgIpc) is 3.26. The predicted octanol–water partition coefficient (Wildman–Crippen LogP) is 2.51. The van der Waals surface area contributed by atoms with Gasteiger partial charge in [0, 0.05) is 24.6 Å². The van der Waals surface area contributed by atoms with Crippen molar-refractivity contribution < 1.29 is 4.52 Å². The maximum Gasteiger partial charge on any atom is 0.333 e. The van der Waals surface area contributed by atoms with E-state index >= 15 is 0 Å². The van der Waals surface area contributed by atoms with Gasteiger partial charge in [-0.25, -0.2) is 9.78 Å². The summed E-state index contributed by atoms with van der Waals surface area (Å²) in [6.07, 6.45) is 0.638. The van der Waals surface area contributed by atoms with E-state index < -0.39 is 5.69 Å². The summed E-state index contributed by atoms with van der Waals surface area (Å²) in [7, 11) is 1.79. The van der Waals surface area contributed by atoms with Crippen LogP contribution in [-0.4, -0.2) is 23.8 Å². The van der Waals surface area contributed by atoms with E-state index in [1.807, 2.05) is 6.92 Å². The first kappa shape index (κ1) is 19.2. The Morgan fingerprint density at radius 3 is 2.45 bits per heavy atom. The van der Waals surface area contributed by atoms with Crippen molar-refractivity contribution in [3.05, 3.63) is 79.0 Å². The molecule has 0 atom stereocenters. The molecule has 0 fully saturated rings. The lowest BCUT2D eigenvalue weighted by molar-refractivity contribution is 0.388. The van der Waals surface area contributed by atoms with Crippen molar-refractivity contribution in [2.24, 2.45) is 7.05 Å². The van der Waals surface area contributed by atoms with Crippen molar-refractivity contribution in [3.63, 3.8) is 0 Å². The second-order valence-electron chi connectivity index (χ2n) is 6.93. The Balaban J connectivity index is 1.95. The van der Waals surface area contributed by atoms with E-state index in [0.717, 1.165) is 11.4 Å². The normalized spacial score (nSPS) is 11.4. The molecule has 0 spiro atoms. The van der Waals surface area contributed by atoms with Gasteiger partial charge in [0.1, 0.15) is 17.3 Å². The van der Waals surface area contributed by atoms with Gasteiger partial charge < -0.3 is 9.09 Å². The van der Waals surface area contributed by atoms with Crippen molar-refractivity contribution >= 4 is 22.8 Å². The molecule has 0 N–H and O–H groups in total. The summed E-state index contributed by atoms with van der Waals surface area (Å²) in [5.41, 5.74) is 1.31. The number of benzene rings is 1. The van der Waals surface area contributed by atoms with Crippen LogP contribution < -0.4 is 11.2 Å². The molecule has 3 heterocycles. The smallest absolute Gasteiger partial charge is 0.333 e. The molecule has 0 aliphatic rings. The van der Waals surface area contributed by atoms with Gasteiger partial charge in [0.2, 0.25) is 0 Å². The largest absolute Gasteiger partial charge is 0.361 e. The first-order chi connectivity index (χ1) is 13.9. The van der Waals surface area contributed by atoms with E-state index in [9.17, 15) is 9.59 Å². The highest BCUT2D eigenvalue weighted by molar-refractivity contribution is 6.30. The molecular weight excluding hydrogens is 394 g/mol. The molecule has 0 radical (unpaired) electrons. The van der Waals surface area contributed by atoms with Gasteiger partial charge in [-0.05, 0) is 24.6 Å². The Hall–Kier alpha value is -3.13. The second-order valence-corrected chi connectivity index (χ2v) is 7.36. The maximum absolute atomic E-state index is 13.3. The summed E-state index contributed by atoms with van der Waals surface area (Å²) in [6, 6.07) is 8.82. The van der Waals surface area contributed by atoms with E-state index in [2.05, 4.69) is 10.1 Å². The van der Waals surface area contributed by atoms with Crippen LogP contribution in [0.25, 0.3) is 11.2 Å². The molecule has 0 saturated carbocycles. The number of halogens is 1. The van der Waals surface area contributed by atoms with E-state index in [-0.39, 0.29) is 18.6 Å². The quantitative estimate of drug-likeness (QED) is 0.501. The first-order valence-corrected chi connectivity index (χ1v) is 9.62. The van der Waals surface area contributed by atoms with E-state index in [1.165, 1.54) is 9.13 Å². The number of rotatable bonds is 5. The minimum atomic E-state index is -0.446. The summed E-state index contributed by atoms with van der Waals surface area (Å²) >= 11 is 5.95. The van der Waals surface area contributed by atoms with Crippen molar-refractivity contribution in [1.82, 2.24) is 23.8 Å². The Kier molecular flexibility index (Phi) is 4.87. The summed E-state index contributed by atoms with van der Waals surface area (Å²) in [5, 5.41) is 4.58. The zero-order valence-electron chi connectivity index (χ0n) is 16.3. The predicted molar refractivity (Wildman–Crippen MR) is 110 cm³/mol. The van der Waals surface area contributed by atoms with Crippen LogP contribution in [0, 0.1) is 6.92 Å². The van der Waals surface area contributed by atoms with Crippen LogP contribution in [0.3, 0.4) is 0 Å². The highest BCUT2D eigenvalue weighted by Crippen LogP contribution is 2.14. The number of nitrogens with zero attached hydrogens (tertiary/aromatic N) is 5. The van der Waals surface area contributed by atoms with E-state index in [0.29, 0.717) is 34.1 Å². The van der Waals surface area contributed by atoms with Crippen LogP contribution in [0.5, 0.6) is 0 Å². The number of hydrogen-bond donors (Lipinski definition) is 0. The SMILES string of the molecule is CCc1nc2c(c(=O)n(Cc3ccc(Cl)cc3)c(=O)n2Cc2cc(C)on2)n1C. The Bertz CT molecular complexity index is 1310. The van der Waals surface area contributed by atoms with Crippen LogP contribution in [-0.2, 0) is 26.6 Å². The van der Waals surface area contributed by atoms with Crippen molar-refractivity contribution in [3.8, 4) is 0 Å². The average molecular weight is 414 g/mol. The second kappa shape index (κ2) is 7.36. The highest BCUT2D eigenvalue weighted by Gasteiger charge is 2.20. The molecule has 9 heteroatoms. The summed E-state index contributed by atoms with van der Waals surface area (Å²) in [4.78, 5) is 31.0. The van der Waals surface area contributed by atoms with Crippen LogP contribution in [0.1, 0.15) is 29.8 Å². The van der Waals surface area contributed by atoms with Gasteiger partial charge >= 0.3 is 5.69 Å². The summed E-state index contributed by atoms with van der Waals surface area (Å²) in [6.45, 7) is 4.03. The zero-order valence-corrected chi connectivity index (χ0v) is 17.1. The molecule has 4 aromatic rings. The lowest BCUT2D eigenvalue weighted by Crippen LogP contribution is -2.41. The van der Waals surface area contributed by atoms with Gasteiger partial charge in [-0.1, -0.05) is 35.8 Å². The lowest BCUT2D eigenvalue weighted by Gasteiger charge is -2.11. The van der Waals surface area contributed by atoms with Gasteiger partial charge in [0.05, 0.1) is 13.1 Å². The molecule has 3 aromatic heterocycles. The standard InChI is InChI=1S/C20H20ClN5O3/c1-4-16-22-18-17(24(16)3)19(27)26(10-13-5-7-14(21)8-6-13)20(28)25(18)11-15-9-12(2)29-23-15/h5-9H,4,10-11H2,1-3H3. The molecule has 29 heavy (non-hydrogen) atoms. The van der Waals surface area contributed by atoms with Crippen LogP contribution in [0.2, 0.25) is 5.02 Å². The van der Waals surface area contributed by atoms with E-state index in [4.69, 9.17) is 16.1 Å². The molecule has 150 valence electrons. The Morgan fingerprint density at radius 2 is 1.83 bits per heavy atom. The minimum Gasteiger partial charge on any atom is -0.361 e. The third kappa shape index (κ3) is 3.40. The fourth-order valence-electron chi connectivity index (χ4n) is 3.43. The Labute approximate surface area is 171 Å². The summed E-state index contributed by atoms with van der Waals surface area (Å²) < 4.78 is 9.57. The summed E-state index contributed by atoms with van der Waals surface area (Å²) in [5.74, 6) is 1.37. The van der Waals surface area contributed by atoms with Gasteiger partial charge in [0.25, 0.3) is 5.56 Å². The van der Waals surface area contributed by atoms with Crippen LogP contribution >= 0.6 is 11.6 Å². The fraction of sp³-hybridized carbons (Fsp3) is 0.300. The Morgan fingerprint density at radius 1 is 1.10 bits per heavy atom. The fourth-order valence-corrected chi connectivity index (χ4v) is 3.56. The molecule has 0 amide bonds. The number of aryl methyl sites for hydroxylation is 3. The molecule has 0 unspecified atom stereocenters. The molecule has 0 saturated heterocycles. The first-order valence-electron chi connectivity index (χ1n) is 9.24. The highest BCUT2D eigenvalue weighted by atomic mass is 35.5. The van der Waals surface area contributed by atoms with Crippen LogP contribution in [0.4, 0.5) is 0 Å². The maximum atomic E-state index is 13.3. The molecule has 0 aliphatic carbocycles. The molecule has 0 aliphatic heterocycles. The number of hydrogen-bond acceptors (Lipinski definition) is 5. The molecular formula is C20H20ClN5O3. The van der Waals surface area contributed by atoms with Crippen molar-refractivity contribution in [2.75, 3.05) is 0 Å². The van der Waals surface area contributed by atoms with Gasteiger partial charge in [-0.2, -0.15) is 0 Å². The van der Waals surface area contributed by atoms with Gasteiger partial charge in [-0.3, -0.25) is 13.9 Å². The number of aromatic nitrogens is 5. The third-order valence-electron chi connectivity index (χ3n) is 4.90. The number of fused-ring (bicyclic) bond motifs is 1. The zero-order chi connectivity index (χ0) is 20.7. The lowest BCUT2D eigenvalue weighted by atomic mass is 10.2. The topological polar surface area (TPSA) is 87.8 Å². The van der Waals surface area contributed by atoms with Gasteiger partial charge in [-0.15, -0.1) is 0 Å². The monoisotopic (exact) mass is 413 g/mol. The van der Waals surface area contributed by atoms with E-state index in [1.54, 1.807) is 48.9 Å². The van der Waals surface area contributed by atoms with Gasteiger partial charge in [0.15, 0.2) is 11.2 Å². The third-order valence-corrected chi connectivity index (χ3v) is 5.15. The minimum absolute atomic E-state index is 0.134.